The van der Waals surface area contributed by atoms with Crippen molar-refractivity contribution in [3.63, 3.8) is 0 Å². The first-order valence-corrected chi connectivity index (χ1v) is 18.3. The van der Waals surface area contributed by atoms with Crippen LogP contribution in [0.15, 0.2) is 67.4 Å². The zero-order valence-electron chi connectivity index (χ0n) is 36.5. The van der Waals surface area contributed by atoms with Gasteiger partial charge in [0.1, 0.15) is 41.3 Å². The minimum Gasteiger partial charge on any atom is -0.399 e. The molecule has 59 heavy (non-hydrogen) atoms. The van der Waals surface area contributed by atoms with Crippen molar-refractivity contribution >= 4 is 33.7 Å². The predicted octanol–water partition coefficient (Wildman–Crippen LogP) is 3.55. The van der Waals surface area contributed by atoms with Crippen LogP contribution in [-0.2, 0) is 49.3 Å². The quantitative estimate of drug-likeness (QED) is 0.208. The van der Waals surface area contributed by atoms with Gasteiger partial charge in [0.25, 0.3) is 0 Å². The number of nitrogens with zero attached hydrogens (tertiary/aromatic N) is 19. The van der Waals surface area contributed by atoms with Gasteiger partial charge in [-0.1, -0.05) is 17.3 Å². The number of hydrogen-bond donors (Lipinski definition) is 2. The van der Waals surface area contributed by atoms with E-state index in [0.717, 1.165) is 57.1 Å². The van der Waals surface area contributed by atoms with Crippen LogP contribution in [0, 0.1) is 48.5 Å². The minimum absolute atomic E-state index is 0.461. The van der Waals surface area contributed by atoms with E-state index in [2.05, 4.69) is 71.6 Å². The molecule has 0 atom stereocenters. The van der Waals surface area contributed by atoms with Crippen LogP contribution >= 0.6 is 0 Å². The molecular formula is C38H57N21. The zero-order valence-corrected chi connectivity index (χ0v) is 36.5. The standard InChI is InChI=1S/C9H11N3.C9H10N2.C5H8N2.C4H8N4.2C4H7N3.C3H6N4/c1-6-11-8-4-3-7(10)5-9(8)12(6)2;1-7-10-8-5-3-4-6-9(8)11(7)2;1-5-6-3-4-7(5)2;1-3-6-4(5)8(2)7-3;1-4-5-3-7(2)6-4;1-4-3-7(2)6-5-4;1-3-4-5-6-7(3)2/h3-5H,10H2,1-2H3;3-6H,1-2H3;3-4H,1-2H3;1-2H3,(H2,5,6,7);2*3H,1-2H3;1-2H3. The fourth-order valence-corrected chi connectivity index (χ4v) is 4.75. The molecule has 0 aliphatic carbocycles. The lowest BCUT2D eigenvalue weighted by Crippen LogP contribution is -1.97. The summed E-state index contributed by atoms with van der Waals surface area (Å²) in [5.74, 6) is 5.96. The highest BCUT2D eigenvalue weighted by Crippen LogP contribution is 2.17. The predicted molar refractivity (Wildman–Crippen MR) is 228 cm³/mol. The van der Waals surface area contributed by atoms with E-state index in [1.807, 2.05) is 135 Å². The second-order valence-corrected chi connectivity index (χ2v) is 13.2. The summed E-state index contributed by atoms with van der Waals surface area (Å²) in [7, 11) is 13.3. The Labute approximate surface area is 343 Å². The second-order valence-electron chi connectivity index (χ2n) is 13.2. The number of rotatable bonds is 0. The number of aryl methyl sites for hydroxylation is 14. The molecule has 21 nitrogen and oxygen atoms in total. The van der Waals surface area contributed by atoms with E-state index in [1.165, 1.54) is 10.2 Å². The molecule has 21 heteroatoms. The molecular weight excluding hydrogens is 751 g/mol. The maximum atomic E-state index is 5.66. The fourth-order valence-electron chi connectivity index (χ4n) is 4.75. The van der Waals surface area contributed by atoms with Crippen molar-refractivity contribution in [2.75, 3.05) is 11.5 Å². The Morgan fingerprint density at radius 1 is 0.559 bits per heavy atom. The van der Waals surface area contributed by atoms with Crippen molar-refractivity contribution in [3.05, 3.63) is 108 Å². The second kappa shape index (κ2) is 21.8. The minimum atomic E-state index is 0.461. The van der Waals surface area contributed by atoms with Crippen molar-refractivity contribution < 1.29 is 0 Å². The molecule has 7 aromatic heterocycles. The number of tetrazole rings is 1. The first-order chi connectivity index (χ1) is 27.9. The summed E-state index contributed by atoms with van der Waals surface area (Å²) in [6.45, 7) is 13.4. The monoisotopic (exact) mass is 808 g/mol. The Balaban J connectivity index is 0.000000186. The zero-order chi connectivity index (χ0) is 43.8. The number of nitrogens with two attached hydrogens (primary N) is 2. The summed E-state index contributed by atoms with van der Waals surface area (Å²) in [6, 6.07) is 13.9. The van der Waals surface area contributed by atoms with Gasteiger partial charge in [0.15, 0.2) is 0 Å². The van der Waals surface area contributed by atoms with E-state index >= 15 is 0 Å². The molecule has 7 heterocycles. The molecule has 0 unspecified atom stereocenters. The Kier molecular flexibility index (Phi) is 17.1. The Bertz CT molecular complexity index is 2450. The van der Waals surface area contributed by atoms with Gasteiger partial charge in [-0.3, -0.25) is 9.36 Å². The lowest BCUT2D eigenvalue weighted by atomic mass is 10.3. The van der Waals surface area contributed by atoms with Crippen LogP contribution in [-0.4, -0.2) is 93.4 Å². The maximum Gasteiger partial charge on any atom is 0.218 e. The molecule has 0 saturated heterocycles. The molecule has 2 aromatic carbocycles. The van der Waals surface area contributed by atoms with Gasteiger partial charge in [-0.2, -0.15) is 15.2 Å². The third-order valence-electron chi connectivity index (χ3n) is 8.37. The van der Waals surface area contributed by atoms with Crippen LogP contribution in [0.25, 0.3) is 22.1 Å². The molecule has 0 amide bonds. The summed E-state index contributed by atoms with van der Waals surface area (Å²) in [4.78, 5) is 20.4. The van der Waals surface area contributed by atoms with Gasteiger partial charge >= 0.3 is 0 Å². The summed E-state index contributed by atoms with van der Waals surface area (Å²) in [6.07, 6.45) is 7.25. The lowest BCUT2D eigenvalue weighted by Gasteiger charge is -1.96. The number of hydrogen-bond acceptors (Lipinski definition) is 14. The maximum absolute atomic E-state index is 5.66. The van der Waals surface area contributed by atoms with Crippen LogP contribution in [0.2, 0.25) is 0 Å². The van der Waals surface area contributed by atoms with Gasteiger partial charge < -0.3 is 25.2 Å². The number of aromatic nitrogens is 19. The average Bonchev–Trinajstić information content (AvgIpc) is 4.08. The van der Waals surface area contributed by atoms with Crippen LogP contribution in [0.1, 0.15) is 40.6 Å². The largest absolute Gasteiger partial charge is 0.399 e. The number of benzene rings is 2. The molecule has 0 aliphatic heterocycles. The molecule has 0 fully saturated rings. The van der Waals surface area contributed by atoms with Crippen LogP contribution < -0.4 is 11.5 Å². The Morgan fingerprint density at radius 2 is 1.20 bits per heavy atom. The third-order valence-corrected chi connectivity index (χ3v) is 8.37. The SMILES string of the molecule is Cc1cn(C)nn1.Cc1nc(N)n(C)n1.Cc1nc2ccc(N)cc2n1C.Cc1nc2ccccc2n1C.Cc1nccn1C.Cc1ncn(C)n1.Cc1nnnn1C. The Morgan fingerprint density at radius 3 is 1.54 bits per heavy atom. The highest BCUT2D eigenvalue weighted by atomic mass is 15.5. The highest BCUT2D eigenvalue weighted by molar-refractivity contribution is 5.79. The number of anilines is 2. The Hall–Kier alpha value is -7.32. The van der Waals surface area contributed by atoms with Gasteiger partial charge in [0, 0.05) is 73.6 Å². The molecule has 0 bridgehead atoms. The van der Waals surface area contributed by atoms with Gasteiger partial charge in [0.05, 0.1) is 27.8 Å². The van der Waals surface area contributed by atoms with E-state index < -0.39 is 0 Å². The van der Waals surface area contributed by atoms with Crippen molar-refractivity contribution in [1.82, 2.24) is 93.4 Å². The van der Waals surface area contributed by atoms with Crippen molar-refractivity contribution in [1.29, 1.82) is 0 Å². The van der Waals surface area contributed by atoms with E-state index in [-0.39, 0.29) is 0 Å². The molecule has 0 spiro atoms. The summed E-state index contributed by atoms with van der Waals surface area (Å²) >= 11 is 0. The van der Waals surface area contributed by atoms with E-state index in [0.29, 0.717) is 11.8 Å². The van der Waals surface area contributed by atoms with Crippen molar-refractivity contribution in [2.24, 2.45) is 49.3 Å². The molecule has 0 radical (unpaired) electrons. The van der Waals surface area contributed by atoms with E-state index in [4.69, 9.17) is 11.5 Å². The number of nitrogen functional groups attached to an aromatic ring is 2. The number of fused-ring (bicyclic) bond motifs is 2. The van der Waals surface area contributed by atoms with Crippen molar-refractivity contribution in [2.45, 2.75) is 48.5 Å². The fraction of sp³-hybridized carbons (Fsp3) is 0.368. The van der Waals surface area contributed by atoms with Gasteiger partial charge in [0.2, 0.25) is 5.95 Å². The normalized spacial score (nSPS) is 10.0. The molecule has 9 aromatic rings. The first kappa shape index (κ1) is 46.1. The molecule has 0 aliphatic rings. The number of imidazole rings is 3. The van der Waals surface area contributed by atoms with Gasteiger partial charge in [-0.05, 0) is 89.2 Å². The van der Waals surface area contributed by atoms with Crippen LogP contribution in [0.3, 0.4) is 0 Å². The van der Waals surface area contributed by atoms with Gasteiger partial charge in [-0.25, -0.2) is 29.3 Å². The summed E-state index contributed by atoms with van der Waals surface area (Å²) < 4.78 is 12.6. The molecule has 4 N–H and O–H groups in total. The molecule has 0 saturated carbocycles. The topological polar surface area (TPSA) is 241 Å². The van der Waals surface area contributed by atoms with E-state index in [1.54, 1.807) is 47.6 Å². The molecule has 314 valence electrons. The lowest BCUT2D eigenvalue weighted by molar-refractivity contribution is 0.695. The highest BCUT2D eigenvalue weighted by Gasteiger charge is 2.03. The number of para-hydroxylation sites is 2. The van der Waals surface area contributed by atoms with Crippen molar-refractivity contribution in [3.8, 4) is 0 Å². The summed E-state index contributed by atoms with van der Waals surface area (Å²) in [5, 5.41) is 25.8. The third kappa shape index (κ3) is 14.6. The van der Waals surface area contributed by atoms with Crippen LogP contribution in [0.5, 0.6) is 0 Å². The molecule has 9 rings (SSSR count). The average molecular weight is 808 g/mol. The van der Waals surface area contributed by atoms with E-state index in [9.17, 15) is 0 Å². The smallest absolute Gasteiger partial charge is 0.218 e. The summed E-state index contributed by atoms with van der Waals surface area (Å²) in [5.41, 5.74) is 17.1. The first-order valence-electron chi connectivity index (χ1n) is 18.3. The van der Waals surface area contributed by atoms with Gasteiger partial charge in [-0.15, -0.1) is 10.2 Å². The van der Waals surface area contributed by atoms with Crippen LogP contribution in [0.4, 0.5) is 11.6 Å².